The zero-order chi connectivity index (χ0) is 16.9. The van der Waals surface area contributed by atoms with Crippen LogP contribution in [0.5, 0.6) is 0 Å². The molecule has 1 aliphatic heterocycles. The lowest BCUT2D eigenvalue weighted by atomic mass is 10.1. The molecule has 0 spiro atoms. The number of piperazine rings is 1. The number of carbonyl (C=O) groups excluding carboxylic acids is 1. The highest BCUT2D eigenvalue weighted by molar-refractivity contribution is 5.94. The van der Waals surface area contributed by atoms with Crippen molar-refractivity contribution in [2.24, 2.45) is 0 Å². The summed E-state index contributed by atoms with van der Waals surface area (Å²) in [6.07, 6.45) is 1.31. The Labute approximate surface area is 139 Å². The maximum Gasteiger partial charge on any atom is 0.254 e. The van der Waals surface area contributed by atoms with Crippen LogP contribution in [-0.2, 0) is 6.54 Å². The van der Waals surface area contributed by atoms with E-state index in [1.807, 2.05) is 24.3 Å². The maximum absolute atomic E-state index is 13.1. The Morgan fingerprint density at radius 1 is 1.17 bits per heavy atom. The molecule has 0 unspecified atom stereocenters. The van der Waals surface area contributed by atoms with Gasteiger partial charge in [0, 0.05) is 50.6 Å². The van der Waals surface area contributed by atoms with Crippen LogP contribution in [-0.4, -0.2) is 46.9 Å². The van der Waals surface area contributed by atoms with E-state index in [0.717, 1.165) is 25.2 Å². The summed E-state index contributed by atoms with van der Waals surface area (Å²) in [6, 6.07) is 12.3. The van der Waals surface area contributed by atoms with Crippen LogP contribution < -0.4 is 0 Å². The number of hydrogen-bond donors (Lipinski definition) is 0. The minimum absolute atomic E-state index is 0.158. The van der Waals surface area contributed by atoms with E-state index in [-0.39, 0.29) is 5.91 Å². The van der Waals surface area contributed by atoms with Gasteiger partial charge in [0.15, 0.2) is 0 Å². The molecular formula is C18H17FN4O. The van der Waals surface area contributed by atoms with Crippen LogP contribution in [0.1, 0.15) is 21.5 Å². The lowest BCUT2D eigenvalue weighted by molar-refractivity contribution is 0.0628. The summed E-state index contributed by atoms with van der Waals surface area (Å²) < 4.78 is 13.1. The van der Waals surface area contributed by atoms with Crippen molar-refractivity contribution in [3.63, 3.8) is 0 Å². The van der Waals surface area contributed by atoms with Gasteiger partial charge in [-0.15, -0.1) is 0 Å². The molecule has 0 bridgehead atoms. The van der Waals surface area contributed by atoms with E-state index in [2.05, 4.69) is 16.0 Å². The molecule has 1 aliphatic rings. The van der Waals surface area contributed by atoms with Crippen LogP contribution in [0.2, 0.25) is 0 Å². The number of rotatable bonds is 3. The molecule has 1 aromatic carbocycles. The Bertz CT molecular complexity index is 761. The predicted molar refractivity (Wildman–Crippen MR) is 86.5 cm³/mol. The SMILES string of the molecule is N#Cc1ccc(CN2CCN(C(=O)c3ccnc(F)c3)CC2)cc1. The molecule has 0 radical (unpaired) electrons. The van der Waals surface area contributed by atoms with Crippen molar-refractivity contribution < 1.29 is 9.18 Å². The van der Waals surface area contributed by atoms with Gasteiger partial charge in [-0.2, -0.15) is 9.65 Å². The summed E-state index contributed by atoms with van der Waals surface area (Å²) in [5.41, 5.74) is 2.13. The molecule has 1 amide bonds. The number of pyridine rings is 1. The van der Waals surface area contributed by atoms with E-state index in [0.29, 0.717) is 24.2 Å². The van der Waals surface area contributed by atoms with Gasteiger partial charge < -0.3 is 4.90 Å². The Hall–Kier alpha value is -2.78. The topological polar surface area (TPSA) is 60.2 Å². The predicted octanol–water partition coefficient (Wildman–Crippen LogP) is 2.05. The average Bonchev–Trinajstić information content (AvgIpc) is 2.62. The molecule has 0 N–H and O–H groups in total. The number of nitriles is 1. The van der Waals surface area contributed by atoms with Crippen molar-refractivity contribution in [2.45, 2.75) is 6.54 Å². The van der Waals surface area contributed by atoms with Gasteiger partial charge in [0.05, 0.1) is 11.6 Å². The third-order valence-corrected chi connectivity index (χ3v) is 4.12. The van der Waals surface area contributed by atoms with Gasteiger partial charge in [-0.25, -0.2) is 4.98 Å². The van der Waals surface area contributed by atoms with Crippen LogP contribution in [0.15, 0.2) is 42.6 Å². The first-order valence-electron chi connectivity index (χ1n) is 7.78. The summed E-state index contributed by atoms with van der Waals surface area (Å²) in [7, 11) is 0. The van der Waals surface area contributed by atoms with E-state index < -0.39 is 5.95 Å². The highest BCUT2D eigenvalue weighted by Crippen LogP contribution is 2.12. The number of halogens is 1. The molecule has 0 atom stereocenters. The second-order valence-corrected chi connectivity index (χ2v) is 5.74. The van der Waals surface area contributed by atoms with Crippen LogP contribution in [0, 0.1) is 17.3 Å². The van der Waals surface area contributed by atoms with Crippen LogP contribution in [0.3, 0.4) is 0 Å². The molecule has 1 fully saturated rings. The van der Waals surface area contributed by atoms with Gasteiger partial charge in [0.25, 0.3) is 5.91 Å². The summed E-state index contributed by atoms with van der Waals surface area (Å²) >= 11 is 0. The molecule has 6 heteroatoms. The lowest BCUT2D eigenvalue weighted by Gasteiger charge is -2.34. The maximum atomic E-state index is 13.1. The highest BCUT2D eigenvalue weighted by Gasteiger charge is 2.22. The smallest absolute Gasteiger partial charge is 0.254 e. The minimum atomic E-state index is -0.639. The Balaban J connectivity index is 1.55. The quantitative estimate of drug-likeness (QED) is 0.811. The van der Waals surface area contributed by atoms with E-state index in [9.17, 15) is 9.18 Å². The van der Waals surface area contributed by atoms with Gasteiger partial charge in [-0.1, -0.05) is 12.1 Å². The molecule has 1 saturated heterocycles. The summed E-state index contributed by atoms with van der Waals surface area (Å²) in [4.78, 5) is 19.8. The normalized spacial score (nSPS) is 15.1. The van der Waals surface area contributed by atoms with E-state index in [1.54, 1.807) is 4.90 Å². The fourth-order valence-corrected chi connectivity index (χ4v) is 2.77. The Morgan fingerprint density at radius 2 is 1.88 bits per heavy atom. The first-order valence-corrected chi connectivity index (χ1v) is 7.78. The zero-order valence-corrected chi connectivity index (χ0v) is 13.2. The average molecular weight is 324 g/mol. The molecule has 2 heterocycles. The van der Waals surface area contributed by atoms with Gasteiger partial charge in [-0.3, -0.25) is 9.69 Å². The molecule has 0 aliphatic carbocycles. The van der Waals surface area contributed by atoms with Crippen molar-refractivity contribution in [1.82, 2.24) is 14.8 Å². The van der Waals surface area contributed by atoms with Crippen molar-refractivity contribution in [1.29, 1.82) is 5.26 Å². The summed E-state index contributed by atoms with van der Waals surface area (Å²) in [6.45, 7) is 3.54. The largest absolute Gasteiger partial charge is 0.336 e. The van der Waals surface area contributed by atoms with E-state index in [1.165, 1.54) is 18.3 Å². The summed E-state index contributed by atoms with van der Waals surface area (Å²) in [5, 5.41) is 8.82. The standard InChI is InChI=1S/C18H17FN4O/c19-17-11-16(5-6-21-17)18(24)23-9-7-22(8-10-23)13-15-3-1-14(12-20)2-4-15/h1-6,11H,7-10,13H2. The second kappa shape index (κ2) is 7.20. The van der Waals surface area contributed by atoms with E-state index in [4.69, 9.17) is 5.26 Å². The van der Waals surface area contributed by atoms with Crippen molar-refractivity contribution in [3.8, 4) is 6.07 Å². The van der Waals surface area contributed by atoms with Crippen molar-refractivity contribution >= 4 is 5.91 Å². The van der Waals surface area contributed by atoms with Crippen LogP contribution in [0.4, 0.5) is 4.39 Å². The van der Waals surface area contributed by atoms with Gasteiger partial charge >= 0.3 is 0 Å². The number of nitrogens with zero attached hydrogens (tertiary/aromatic N) is 4. The van der Waals surface area contributed by atoms with Gasteiger partial charge in [-0.05, 0) is 23.8 Å². The molecule has 3 rings (SSSR count). The fraction of sp³-hybridized carbons (Fsp3) is 0.278. The molecule has 2 aromatic rings. The molecular weight excluding hydrogens is 307 g/mol. The molecule has 5 nitrogen and oxygen atoms in total. The first kappa shape index (κ1) is 16.1. The number of aromatic nitrogens is 1. The van der Waals surface area contributed by atoms with Crippen molar-refractivity contribution in [3.05, 3.63) is 65.2 Å². The van der Waals surface area contributed by atoms with Gasteiger partial charge in [0.1, 0.15) is 0 Å². The zero-order valence-electron chi connectivity index (χ0n) is 13.2. The number of amides is 1. The second-order valence-electron chi connectivity index (χ2n) is 5.74. The molecule has 1 aromatic heterocycles. The van der Waals surface area contributed by atoms with Gasteiger partial charge in [0.2, 0.25) is 5.95 Å². The minimum Gasteiger partial charge on any atom is -0.336 e. The molecule has 24 heavy (non-hydrogen) atoms. The van der Waals surface area contributed by atoms with Crippen LogP contribution in [0.25, 0.3) is 0 Å². The Kier molecular flexibility index (Phi) is 4.82. The third-order valence-electron chi connectivity index (χ3n) is 4.12. The number of carbonyl (C=O) groups is 1. The van der Waals surface area contributed by atoms with Crippen LogP contribution >= 0.6 is 0 Å². The monoisotopic (exact) mass is 324 g/mol. The first-order chi connectivity index (χ1) is 11.7. The third kappa shape index (κ3) is 3.76. The Morgan fingerprint density at radius 3 is 2.50 bits per heavy atom. The molecule has 0 saturated carbocycles. The number of benzene rings is 1. The highest BCUT2D eigenvalue weighted by atomic mass is 19.1. The lowest BCUT2D eigenvalue weighted by Crippen LogP contribution is -2.48. The summed E-state index contributed by atoms with van der Waals surface area (Å²) in [5.74, 6) is -0.797. The molecule has 122 valence electrons. The van der Waals surface area contributed by atoms with E-state index >= 15 is 0 Å². The van der Waals surface area contributed by atoms with Crippen molar-refractivity contribution in [2.75, 3.05) is 26.2 Å². The number of hydrogen-bond acceptors (Lipinski definition) is 4. The fourth-order valence-electron chi connectivity index (χ4n) is 2.77.